The molecule has 0 radical (unpaired) electrons. The van der Waals surface area contributed by atoms with E-state index in [1.54, 1.807) is 24.3 Å². The highest BCUT2D eigenvalue weighted by Gasteiger charge is 2.26. The van der Waals surface area contributed by atoms with Crippen LogP contribution in [0.1, 0.15) is 55.8 Å². The fourth-order valence-electron chi connectivity index (χ4n) is 4.01. The van der Waals surface area contributed by atoms with E-state index in [-0.39, 0.29) is 0 Å². The molecule has 1 aliphatic carbocycles. The molecule has 3 rings (SSSR count). The van der Waals surface area contributed by atoms with Crippen LogP contribution in [-0.4, -0.2) is 22.4 Å². The van der Waals surface area contributed by atoms with Crippen LogP contribution in [0, 0.1) is 5.92 Å². The van der Waals surface area contributed by atoms with Gasteiger partial charge >= 0.3 is 12.1 Å². The third-order valence-corrected chi connectivity index (χ3v) is 7.05. The number of rotatable bonds is 9. The largest absolute Gasteiger partial charge is 0.480 e. The number of amides is 1. The molecule has 0 bridgehead atoms. The minimum atomic E-state index is -0.925. The Balaban J connectivity index is 1.63. The van der Waals surface area contributed by atoms with Gasteiger partial charge in [-0.1, -0.05) is 79.6 Å². The smallest absolute Gasteiger partial charge is 0.417 e. The Labute approximate surface area is 203 Å². The molecule has 2 atom stereocenters. The van der Waals surface area contributed by atoms with E-state index in [1.807, 2.05) is 24.3 Å². The van der Waals surface area contributed by atoms with Gasteiger partial charge in [0.05, 0.1) is 0 Å². The predicted octanol–water partition coefficient (Wildman–Crippen LogP) is 7.08. The summed E-state index contributed by atoms with van der Waals surface area (Å²) >= 11 is 13.1. The number of hydrogen-bond acceptors (Lipinski definition) is 4. The average Bonchev–Trinajstić information content (AvgIpc) is 2.77. The number of carbonyl (C=O) groups excluding carboxylic acids is 1. The quantitative estimate of drug-likeness (QED) is 0.363. The molecule has 8 heteroatoms. The highest BCUT2D eigenvalue weighted by atomic mass is 35.5. The third kappa shape index (κ3) is 7.91. The third-order valence-electron chi connectivity index (χ3n) is 5.61. The number of carboxylic acids is 1. The van der Waals surface area contributed by atoms with Crippen molar-refractivity contribution in [3.63, 3.8) is 0 Å². The molecule has 1 amide bonds. The van der Waals surface area contributed by atoms with Crippen LogP contribution < -0.4 is 4.72 Å². The van der Waals surface area contributed by atoms with Crippen LogP contribution in [-0.2, 0) is 16.0 Å². The highest BCUT2D eigenvalue weighted by molar-refractivity contribution is 7.99. The number of halogens is 2. The van der Waals surface area contributed by atoms with Gasteiger partial charge in [-0.05, 0) is 59.7 Å². The highest BCUT2D eigenvalue weighted by Crippen LogP contribution is 2.31. The van der Waals surface area contributed by atoms with Crippen LogP contribution in [0.2, 0.25) is 10.0 Å². The Kier molecular flexibility index (Phi) is 9.57. The predicted molar refractivity (Wildman–Crippen MR) is 129 cm³/mol. The minimum absolute atomic E-state index is 0.386. The summed E-state index contributed by atoms with van der Waals surface area (Å²) in [5.74, 6) is -0.539. The van der Waals surface area contributed by atoms with Crippen LogP contribution in [0.15, 0.2) is 48.5 Å². The summed E-state index contributed by atoms with van der Waals surface area (Å²) in [6.45, 7) is 0. The normalized spacial score (nSPS) is 16.2. The van der Waals surface area contributed by atoms with Crippen molar-refractivity contribution < 1.29 is 19.4 Å². The maximum atomic E-state index is 12.6. The Hall–Kier alpha value is -1.89. The Bertz CT molecular complexity index is 920. The molecule has 1 aliphatic rings. The van der Waals surface area contributed by atoms with E-state index in [1.165, 1.54) is 6.42 Å². The van der Waals surface area contributed by atoms with E-state index in [4.69, 9.17) is 27.9 Å². The molecule has 1 saturated carbocycles. The Morgan fingerprint density at radius 1 is 1.06 bits per heavy atom. The summed E-state index contributed by atoms with van der Waals surface area (Å²) in [5, 5.41) is 10.0. The lowest BCUT2D eigenvalue weighted by Gasteiger charge is -2.24. The average molecular weight is 496 g/mol. The van der Waals surface area contributed by atoms with Crippen molar-refractivity contribution in [3.8, 4) is 0 Å². The summed E-state index contributed by atoms with van der Waals surface area (Å²) in [4.78, 5) is 24.3. The second kappa shape index (κ2) is 12.4. The second-order valence-electron chi connectivity index (χ2n) is 8.07. The molecule has 2 aromatic carbocycles. The molecule has 0 heterocycles. The van der Waals surface area contributed by atoms with Crippen molar-refractivity contribution >= 4 is 47.2 Å². The lowest BCUT2D eigenvalue weighted by Crippen LogP contribution is -2.29. The summed E-state index contributed by atoms with van der Waals surface area (Å²) in [7, 11) is 0. The van der Waals surface area contributed by atoms with Gasteiger partial charge in [0.1, 0.15) is 11.4 Å². The molecule has 0 aliphatic heterocycles. The van der Waals surface area contributed by atoms with Crippen LogP contribution >= 0.6 is 35.1 Å². The van der Waals surface area contributed by atoms with Gasteiger partial charge in [0.25, 0.3) is 0 Å². The number of aliphatic carboxylic acids is 1. The fraction of sp³-hybridized carbons (Fsp3) is 0.417. The zero-order valence-corrected chi connectivity index (χ0v) is 20.0. The van der Waals surface area contributed by atoms with E-state index in [0.29, 0.717) is 28.8 Å². The monoisotopic (exact) mass is 495 g/mol. The van der Waals surface area contributed by atoms with Gasteiger partial charge < -0.3 is 9.84 Å². The van der Waals surface area contributed by atoms with E-state index < -0.39 is 23.4 Å². The minimum Gasteiger partial charge on any atom is -0.480 e. The van der Waals surface area contributed by atoms with E-state index in [0.717, 1.165) is 48.8 Å². The second-order valence-corrected chi connectivity index (χ2v) is 9.95. The molecule has 172 valence electrons. The molecule has 1 fully saturated rings. The van der Waals surface area contributed by atoms with Crippen LogP contribution in [0.3, 0.4) is 0 Å². The molecule has 0 spiro atoms. The van der Waals surface area contributed by atoms with Crippen LogP contribution in [0.5, 0.6) is 0 Å². The molecule has 0 saturated heterocycles. The number of nitrogens with one attached hydrogen (secondary N) is 1. The van der Waals surface area contributed by atoms with Crippen LogP contribution in [0.4, 0.5) is 4.79 Å². The number of carbonyl (C=O) groups is 2. The lowest BCUT2D eigenvalue weighted by atomic mass is 9.86. The molecule has 2 aromatic rings. The Morgan fingerprint density at radius 3 is 2.41 bits per heavy atom. The number of ether oxygens (including phenoxy) is 1. The van der Waals surface area contributed by atoms with Crippen molar-refractivity contribution in [2.45, 2.75) is 56.3 Å². The molecule has 1 unspecified atom stereocenters. The Morgan fingerprint density at radius 2 is 1.75 bits per heavy atom. The summed E-state index contributed by atoms with van der Waals surface area (Å²) in [5.41, 5.74) is 1.65. The first kappa shape index (κ1) is 24.7. The van der Waals surface area contributed by atoms with Crippen molar-refractivity contribution in [2.75, 3.05) is 0 Å². The van der Waals surface area contributed by atoms with Gasteiger partial charge in [-0.3, -0.25) is 9.52 Å². The van der Waals surface area contributed by atoms with E-state index in [9.17, 15) is 14.7 Å². The standard InChI is InChI=1S/C24H27Cl2NO4S/c25-19-10-4-8-17(12-19)13-21(18-9-5-11-20(26)15-18)31-24(30)27-32-22(23(28)29)14-16-6-2-1-3-7-16/h4-5,8-12,15-16,21-22H,1-3,6-7,13-14H2,(H,27,30)(H,28,29)/t21?,22-/m0/s1. The van der Waals surface area contributed by atoms with Crippen molar-refractivity contribution in [3.05, 3.63) is 69.7 Å². The lowest BCUT2D eigenvalue weighted by molar-refractivity contribution is -0.136. The molecular formula is C24H27Cl2NO4S. The topological polar surface area (TPSA) is 75.6 Å². The van der Waals surface area contributed by atoms with Gasteiger partial charge in [0.2, 0.25) is 0 Å². The van der Waals surface area contributed by atoms with Gasteiger partial charge in [-0.25, -0.2) is 4.79 Å². The molecule has 0 aromatic heterocycles. The fourth-order valence-corrected chi connectivity index (χ4v) is 5.18. The zero-order valence-electron chi connectivity index (χ0n) is 17.6. The SMILES string of the molecule is O=C(NS[C@@H](CC1CCCCC1)C(=O)O)OC(Cc1cccc(Cl)c1)c1cccc(Cl)c1. The van der Waals surface area contributed by atoms with Gasteiger partial charge in [-0.15, -0.1) is 0 Å². The molecular weight excluding hydrogens is 469 g/mol. The molecule has 32 heavy (non-hydrogen) atoms. The van der Waals surface area contributed by atoms with Gasteiger partial charge in [-0.2, -0.15) is 0 Å². The number of carboxylic acid groups (broad SMARTS) is 1. The first-order valence-electron chi connectivity index (χ1n) is 10.8. The van der Waals surface area contributed by atoms with Gasteiger partial charge in [0.15, 0.2) is 0 Å². The molecule has 5 nitrogen and oxygen atoms in total. The zero-order chi connectivity index (χ0) is 22.9. The maximum Gasteiger partial charge on any atom is 0.417 e. The summed E-state index contributed by atoms with van der Waals surface area (Å²) in [6, 6.07) is 14.5. The molecule has 2 N–H and O–H groups in total. The summed E-state index contributed by atoms with van der Waals surface area (Å²) < 4.78 is 8.27. The number of benzene rings is 2. The number of hydrogen-bond donors (Lipinski definition) is 2. The van der Waals surface area contributed by atoms with Crippen molar-refractivity contribution in [1.82, 2.24) is 4.72 Å². The first-order chi connectivity index (χ1) is 15.4. The van der Waals surface area contributed by atoms with Crippen molar-refractivity contribution in [1.29, 1.82) is 0 Å². The maximum absolute atomic E-state index is 12.6. The van der Waals surface area contributed by atoms with E-state index in [2.05, 4.69) is 4.72 Å². The first-order valence-corrected chi connectivity index (χ1v) is 12.4. The van der Waals surface area contributed by atoms with Gasteiger partial charge in [0, 0.05) is 16.5 Å². The van der Waals surface area contributed by atoms with Crippen LogP contribution in [0.25, 0.3) is 0 Å². The van der Waals surface area contributed by atoms with Crippen molar-refractivity contribution in [2.24, 2.45) is 5.92 Å². The van der Waals surface area contributed by atoms with E-state index >= 15 is 0 Å². The summed E-state index contributed by atoms with van der Waals surface area (Å²) in [6.07, 6.45) is 5.25.